The molecule has 1 N–H and O–H groups in total. The van der Waals surface area contributed by atoms with Crippen LogP contribution in [0.4, 0.5) is 10.1 Å². The zero-order valence-corrected chi connectivity index (χ0v) is 23.6. The highest BCUT2D eigenvalue weighted by atomic mass is 127. The molecular weight excluding hydrogens is 622 g/mol. The molecule has 0 radical (unpaired) electrons. The standard InChI is InChI=1S/C28H24FIN2O5S/c1-3-32-26(33)24(38-28(32)31-21-7-5-6-19(15-21)27(34)35)14-18-12-22(30)25(23(13-18)36-4-2)37-16-17-8-10-20(29)11-9-17/h5-15H,3-4,16H2,1-2H3,(H,34,35). The molecule has 1 aliphatic rings. The Morgan fingerprint density at radius 3 is 2.58 bits per heavy atom. The van der Waals surface area contributed by atoms with Gasteiger partial charge in [0.05, 0.1) is 26.3 Å². The summed E-state index contributed by atoms with van der Waals surface area (Å²) < 4.78 is 25.9. The first kappa shape index (κ1) is 27.6. The van der Waals surface area contributed by atoms with Gasteiger partial charge in [-0.25, -0.2) is 14.2 Å². The number of rotatable bonds is 9. The number of ether oxygens (including phenoxy) is 2. The third kappa shape index (κ3) is 6.54. The number of hydrogen-bond donors (Lipinski definition) is 1. The quantitative estimate of drug-likeness (QED) is 0.205. The van der Waals surface area contributed by atoms with Crippen molar-refractivity contribution in [1.82, 2.24) is 4.90 Å². The molecule has 0 unspecified atom stereocenters. The van der Waals surface area contributed by atoms with Gasteiger partial charge in [-0.05, 0) is 108 Å². The SMILES string of the molecule is CCOc1cc(C=C2SC(=Nc3cccc(C(=O)O)c3)N(CC)C2=O)cc(I)c1OCc1ccc(F)cc1. The minimum atomic E-state index is -1.04. The molecule has 7 nitrogen and oxygen atoms in total. The average molecular weight is 646 g/mol. The van der Waals surface area contributed by atoms with E-state index in [0.29, 0.717) is 40.4 Å². The van der Waals surface area contributed by atoms with Crippen molar-refractivity contribution in [1.29, 1.82) is 0 Å². The molecule has 196 valence electrons. The van der Waals surface area contributed by atoms with E-state index in [1.165, 1.54) is 36.0 Å². The number of nitrogens with zero attached hydrogens (tertiary/aromatic N) is 2. The Hall–Kier alpha value is -3.38. The number of carboxylic acids is 1. The molecular formula is C28H24FIN2O5S. The maximum Gasteiger partial charge on any atom is 0.335 e. The van der Waals surface area contributed by atoms with Crippen molar-refractivity contribution < 1.29 is 28.6 Å². The maximum absolute atomic E-state index is 13.2. The van der Waals surface area contributed by atoms with Gasteiger partial charge >= 0.3 is 5.97 Å². The minimum Gasteiger partial charge on any atom is -0.490 e. The second-order valence-electron chi connectivity index (χ2n) is 8.09. The number of halogens is 2. The van der Waals surface area contributed by atoms with E-state index in [4.69, 9.17) is 9.47 Å². The molecule has 1 heterocycles. The Kier molecular flexibility index (Phi) is 9.05. The zero-order valence-electron chi connectivity index (χ0n) is 20.6. The zero-order chi connectivity index (χ0) is 27.2. The Morgan fingerprint density at radius 1 is 1.13 bits per heavy atom. The highest BCUT2D eigenvalue weighted by Gasteiger charge is 2.32. The minimum absolute atomic E-state index is 0.125. The molecule has 0 saturated carbocycles. The molecule has 0 spiro atoms. The summed E-state index contributed by atoms with van der Waals surface area (Å²) in [5.41, 5.74) is 2.16. The third-order valence-electron chi connectivity index (χ3n) is 5.45. The number of carbonyl (C=O) groups is 2. The van der Waals surface area contributed by atoms with Gasteiger partial charge in [-0.2, -0.15) is 0 Å². The van der Waals surface area contributed by atoms with Crippen LogP contribution in [0.2, 0.25) is 0 Å². The number of aromatic carboxylic acids is 1. The van der Waals surface area contributed by atoms with Crippen LogP contribution in [0.5, 0.6) is 11.5 Å². The Labute approximate surface area is 237 Å². The number of amides is 1. The van der Waals surface area contributed by atoms with E-state index in [9.17, 15) is 19.1 Å². The number of thioether (sulfide) groups is 1. The smallest absolute Gasteiger partial charge is 0.335 e. The fourth-order valence-electron chi connectivity index (χ4n) is 3.65. The maximum atomic E-state index is 13.2. The summed E-state index contributed by atoms with van der Waals surface area (Å²) in [7, 11) is 0. The first-order valence-electron chi connectivity index (χ1n) is 11.8. The second-order valence-corrected chi connectivity index (χ2v) is 10.3. The largest absolute Gasteiger partial charge is 0.490 e. The summed E-state index contributed by atoms with van der Waals surface area (Å²) in [4.78, 5) is 31.0. The molecule has 0 atom stereocenters. The van der Waals surface area contributed by atoms with E-state index in [2.05, 4.69) is 27.6 Å². The van der Waals surface area contributed by atoms with Crippen LogP contribution >= 0.6 is 34.4 Å². The van der Waals surface area contributed by atoms with Gasteiger partial charge in [0.15, 0.2) is 16.7 Å². The van der Waals surface area contributed by atoms with Gasteiger partial charge in [-0.15, -0.1) is 0 Å². The van der Waals surface area contributed by atoms with Crippen molar-refractivity contribution in [2.24, 2.45) is 4.99 Å². The summed E-state index contributed by atoms with van der Waals surface area (Å²) in [6.45, 7) is 4.82. The van der Waals surface area contributed by atoms with Gasteiger partial charge in [0.1, 0.15) is 12.4 Å². The van der Waals surface area contributed by atoms with Gasteiger partial charge in [-0.1, -0.05) is 18.2 Å². The lowest BCUT2D eigenvalue weighted by molar-refractivity contribution is -0.122. The molecule has 1 saturated heterocycles. The summed E-state index contributed by atoms with van der Waals surface area (Å²) in [5, 5.41) is 9.74. The van der Waals surface area contributed by atoms with Gasteiger partial charge in [0.25, 0.3) is 5.91 Å². The average Bonchev–Trinajstić information content (AvgIpc) is 3.18. The van der Waals surface area contributed by atoms with Crippen LogP contribution in [-0.4, -0.2) is 40.2 Å². The first-order valence-corrected chi connectivity index (χ1v) is 13.7. The third-order valence-corrected chi connectivity index (χ3v) is 7.26. The highest BCUT2D eigenvalue weighted by Crippen LogP contribution is 2.38. The lowest BCUT2D eigenvalue weighted by Gasteiger charge is -2.15. The molecule has 10 heteroatoms. The molecule has 1 fully saturated rings. The number of hydrogen-bond acceptors (Lipinski definition) is 6. The van der Waals surface area contributed by atoms with Crippen LogP contribution in [0.15, 0.2) is 70.6 Å². The molecule has 1 aliphatic heterocycles. The Bertz CT molecular complexity index is 1430. The van der Waals surface area contributed by atoms with Crippen LogP contribution in [0.25, 0.3) is 6.08 Å². The van der Waals surface area contributed by atoms with Crippen molar-refractivity contribution in [3.8, 4) is 11.5 Å². The highest BCUT2D eigenvalue weighted by molar-refractivity contribution is 14.1. The fraction of sp³-hybridized carbons (Fsp3) is 0.179. The van der Waals surface area contributed by atoms with E-state index in [0.717, 1.165) is 14.7 Å². The number of benzene rings is 3. The molecule has 3 aromatic rings. The Morgan fingerprint density at radius 2 is 1.89 bits per heavy atom. The molecule has 1 amide bonds. The molecule has 38 heavy (non-hydrogen) atoms. The van der Waals surface area contributed by atoms with Crippen molar-refractivity contribution >= 4 is 63.2 Å². The van der Waals surface area contributed by atoms with E-state index in [1.54, 1.807) is 35.2 Å². The summed E-state index contributed by atoms with van der Waals surface area (Å²) in [6.07, 6.45) is 1.78. The number of amidine groups is 1. The van der Waals surface area contributed by atoms with E-state index in [-0.39, 0.29) is 23.9 Å². The number of likely N-dealkylation sites (N-methyl/N-ethyl adjacent to an activating group) is 1. The van der Waals surface area contributed by atoms with E-state index >= 15 is 0 Å². The van der Waals surface area contributed by atoms with Crippen molar-refractivity contribution in [3.05, 3.63) is 91.6 Å². The lowest BCUT2D eigenvalue weighted by Crippen LogP contribution is -2.28. The van der Waals surface area contributed by atoms with Crippen LogP contribution in [0.3, 0.4) is 0 Å². The van der Waals surface area contributed by atoms with Gasteiger partial charge in [0.2, 0.25) is 0 Å². The van der Waals surface area contributed by atoms with Crippen LogP contribution in [0.1, 0.15) is 35.3 Å². The predicted octanol–water partition coefficient (Wildman–Crippen LogP) is 6.73. The molecule has 0 bridgehead atoms. The van der Waals surface area contributed by atoms with E-state index in [1.807, 2.05) is 26.0 Å². The van der Waals surface area contributed by atoms with Crippen LogP contribution in [0, 0.1) is 9.39 Å². The van der Waals surface area contributed by atoms with Crippen molar-refractivity contribution in [2.45, 2.75) is 20.5 Å². The normalized spacial score (nSPS) is 15.4. The number of carbonyl (C=O) groups excluding carboxylic acids is 1. The topological polar surface area (TPSA) is 88.4 Å². The van der Waals surface area contributed by atoms with Crippen LogP contribution < -0.4 is 9.47 Å². The monoisotopic (exact) mass is 646 g/mol. The summed E-state index contributed by atoms with van der Waals surface area (Å²) in [5.74, 6) is -0.426. The summed E-state index contributed by atoms with van der Waals surface area (Å²) >= 11 is 3.39. The summed E-state index contributed by atoms with van der Waals surface area (Å²) in [6, 6.07) is 16.1. The first-order chi connectivity index (χ1) is 18.3. The Balaban J connectivity index is 1.61. The van der Waals surface area contributed by atoms with Crippen molar-refractivity contribution in [3.63, 3.8) is 0 Å². The molecule has 4 rings (SSSR count). The number of aliphatic imine (C=N–C) groups is 1. The second kappa shape index (κ2) is 12.4. The molecule has 0 aromatic heterocycles. The van der Waals surface area contributed by atoms with Gasteiger partial charge < -0.3 is 14.6 Å². The lowest BCUT2D eigenvalue weighted by atomic mass is 10.1. The fourth-order valence-corrected chi connectivity index (χ4v) is 5.49. The van der Waals surface area contributed by atoms with Crippen LogP contribution in [-0.2, 0) is 11.4 Å². The van der Waals surface area contributed by atoms with Gasteiger partial charge in [0, 0.05) is 6.54 Å². The predicted molar refractivity (Wildman–Crippen MR) is 155 cm³/mol. The molecule has 0 aliphatic carbocycles. The number of carboxylic acid groups (broad SMARTS) is 1. The van der Waals surface area contributed by atoms with E-state index < -0.39 is 5.97 Å². The van der Waals surface area contributed by atoms with Gasteiger partial charge in [-0.3, -0.25) is 9.69 Å². The molecule has 3 aromatic carbocycles. The van der Waals surface area contributed by atoms with Crippen molar-refractivity contribution in [2.75, 3.05) is 13.2 Å².